The Labute approximate surface area is 119 Å². The summed E-state index contributed by atoms with van der Waals surface area (Å²) in [5, 5.41) is 19.6. The second kappa shape index (κ2) is 4.18. The van der Waals surface area contributed by atoms with Crippen LogP contribution in [0.5, 0.6) is 5.88 Å². The van der Waals surface area contributed by atoms with E-state index >= 15 is 0 Å². The lowest BCUT2D eigenvalue weighted by atomic mass is 10.1. The van der Waals surface area contributed by atoms with E-state index in [4.69, 9.17) is 5.11 Å². The largest absolute Gasteiger partial charge is 0.494 e. The van der Waals surface area contributed by atoms with Gasteiger partial charge in [-0.25, -0.2) is 14.2 Å². The zero-order chi connectivity index (χ0) is 15.5. The van der Waals surface area contributed by atoms with Gasteiger partial charge in [0.25, 0.3) is 5.56 Å². The number of rotatable bonds is 2. The van der Waals surface area contributed by atoms with Crippen LogP contribution in [0.4, 0.5) is 5.69 Å². The van der Waals surface area contributed by atoms with Gasteiger partial charge in [-0.05, 0) is 37.5 Å². The van der Waals surface area contributed by atoms with Crippen LogP contribution in [0.15, 0.2) is 15.9 Å². The molecule has 2 aromatic rings. The van der Waals surface area contributed by atoms with Crippen molar-refractivity contribution < 1.29 is 15.0 Å². The van der Waals surface area contributed by atoms with Crippen molar-refractivity contribution in [2.45, 2.75) is 27.2 Å². The lowest BCUT2D eigenvalue weighted by molar-refractivity contribution is -0.129. The van der Waals surface area contributed by atoms with E-state index in [-0.39, 0.29) is 16.8 Å². The molecule has 6 heteroatoms. The van der Waals surface area contributed by atoms with Crippen LogP contribution in [0.2, 0.25) is 0 Å². The maximum absolute atomic E-state index is 12.6. The second-order valence-electron chi connectivity index (χ2n) is 5.10. The molecule has 1 aliphatic heterocycles. The van der Waals surface area contributed by atoms with Crippen LogP contribution in [0.25, 0.3) is 11.1 Å². The highest BCUT2D eigenvalue weighted by atomic mass is 16.4. The van der Waals surface area contributed by atoms with Gasteiger partial charge in [0.15, 0.2) is 5.71 Å². The van der Waals surface area contributed by atoms with Crippen molar-refractivity contribution in [2.75, 3.05) is 0 Å². The summed E-state index contributed by atoms with van der Waals surface area (Å²) in [6, 6.07) is 1.67. The SMILES string of the molecule is CCc1c(C)c(O)n2c(=O)c3c(cc12)N=C(C(=O)O)C=3C. The Morgan fingerprint density at radius 3 is 2.62 bits per heavy atom. The summed E-state index contributed by atoms with van der Waals surface area (Å²) in [6.07, 6.45) is 0.659. The van der Waals surface area contributed by atoms with E-state index in [1.54, 1.807) is 19.9 Å². The van der Waals surface area contributed by atoms with Gasteiger partial charge < -0.3 is 10.2 Å². The van der Waals surface area contributed by atoms with E-state index in [9.17, 15) is 14.7 Å². The summed E-state index contributed by atoms with van der Waals surface area (Å²) in [4.78, 5) is 27.8. The molecule has 0 fully saturated rings. The number of nitrogens with zero attached hydrogens (tertiary/aromatic N) is 2. The Balaban J connectivity index is 2.54. The maximum atomic E-state index is 12.6. The summed E-state index contributed by atoms with van der Waals surface area (Å²) < 4.78 is 1.23. The molecule has 6 nitrogen and oxygen atoms in total. The Morgan fingerprint density at radius 1 is 1.38 bits per heavy atom. The minimum atomic E-state index is -1.16. The van der Waals surface area contributed by atoms with E-state index in [0.717, 1.165) is 5.56 Å². The Kier molecular flexibility index (Phi) is 2.66. The molecule has 108 valence electrons. The number of aromatic hydroxyl groups is 1. The van der Waals surface area contributed by atoms with Crippen LogP contribution in [0, 0.1) is 6.92 Å². The lowest BCUT2D eigenvalue weighted by Crippen LogP contribution is -2.32. The predicted octanol–water partition coefficient (Wildman–Crippen LogP) is 0.936. The summed E-state index contributed by atoms with van der Waals surface area (Å²) in [6.45, 7) is 5.25. The number of carboxylic acid groups (broad SMARTS) is 1. The van der Waals surface area contributed by atoms with Gasteiger partial charge in [-0.1, -0.05) is 6.92 Å². The van der Waals surface area contributed by atoms with Crippen LogP contribution in [-0.4, -0.2) is 26.3 Å². The van der Waals surface area contributed by atoms with Crippen molar-refractivity contribution in [1.82, 2.24) is 4.40 Å². The highest BCUT2D eigenvalue weighted by molar-refractivity contribution is 6.52. The molecule has 0 bridgehead atoms. The predicted molar refractivity (Wildman–Crippen MR) is 78.5 cm³/mol. The summed E-state index contributed by atoms with van der Waals surface area (Å²) in [5.74, 6) is -1.25. The highest BCUT2D eigenvalue weighted by Crippen LogP contribution is 2.29. The van der Waals surface area contributed by atoms with E-state index in [1.165, 1.54) is 4.40 Å². The highest BCUT2D eigenvalue weighted by Gasteiger charge is 2.25. The fraction of sp³-hybridized carbons (Fsp3) is 0.267. The van der Waals surface area contributed by atoms with Crippen LogP contribution in [-0.2, 0) is 11.2 Å². The minimum Gasteiger partial charge on any atom is -0.494 e. The van der Waals surface area contributed by atoms with Gasteiger partial charge in [0.2, 0.25) is 5.88 Å². The number of carbonyl (C=O) groups is 1. The number of aryl methyl sites for hydroxylation is 1. The van der Waals surface area contributed by atoms with Gasteiger partial charge in [-0.3, -0.25) is 4.79 Å². The van der Waals surface area contributed by atoms with Gasteiger partial charge in [-0.15, -0.1) is 0 Å². The fourth-order valence-electron chi connectivity index (χ4n) is 2.94. The second-order valence-corrected chi connectivity index (χ2v) is 5.10. The molecule has 0 amide bonds. The zero-order valence-electron chi connectivity index (χ0n) is 11.9. The monoisotopic (exact) mass is 286 g/mol. The number of aromatic nitrogens is 1. The fourth-order valence-corrected chi connectivity index (χ4v) is 2.94. The molecule has 2 N–H and O–H groups in total. The third kappa shape index (κ3) is 1.55. The zero-order valence-corrected chi connectivity index (χ0v) is 11.9. The van der Waals surface area contributed by atoms with Crippen LogP contribution in [0.3, 0.4) is 0 Å². The molecule has 0 aliphatic carbocycles. The standard InChI is InChI=1S/C15H14N2O4/c1-4-8-6(2)13(18)17-10(8)5-9-11(14(17)19)7(3)12(16-9)15(20)21/h5,18H,4H2,1-3H3,(H,20,21). The first-order chi connectivity index (χ1) is 9.88. The Hall–Kier alpha value is -2.63. The molecule has 2 aromatic heterocycles. The van der Waals surface area contributed by atoms with Crippen molar-refractivity contribution in [3.63, 3.8) is 0 Å². The number of aliphatic imine (C=N–C) groups is 1. The molecule has 0 atom stereocenters. The molecule has 0 spiro atoms. The van der Waals surface area contributed by atoms with Gasteiger partial charge in [0, 0.05) is 5.56 Å². The average Bonchev–Trinajstić information content (AvgIpc) is 2.87. The number of hydrogen-bond donors (Lipinski definition) is 2. The van der Waals surface area contributed by atoms with Crippen molar-refractivity contribution in [2.24, 2.45) is 4.99 Å². The number of carboxylic acids is 1. The molecule has 1 aliphatic rings. The average molecular weight is 286 g/mol. The molecule has 0 unspecified atom stereocenters. The Morgan fingerprint density at radius 2 is 2.05 bits per heavy atom. The number of pyridine rings is 1. The third-order valence-electron chi connectivity index (χ3n) is 4.02. The maximum Gasteiger partial charge on any atom is 0.354 e. The van der Waals surface area contributed by atoms with Gasteiger partial charge in [0.1, 0.15) is 0 Å². The number of fused-ring (bicyclic) bond motifs is 2. The molecule has 0 saturated heterocycles. The normalized spacial score (nSPS) is 13.7. The summed E-state index contributed by atoms with van der Waals surface area (Å²) >= 11 is 0. The van der Waals surface area contributed by atoms with Crippen LogP contribution >= 0.6 is 0 Å². The van der Waals surface area contributed by atoms with Crippen molar-refractivity contribution in [3.05, 3.63) is 32.8 Å². The lowest BCUT2D eigenvalue weighted by Gasteiger charge is -1.99. The van der Waals surface area contributed by atoms with Crippen LogP contribution < -0.4 is 10.8 Å². The van der Waals surface area contributed by atoms with Crippen molar-refractivity contribution in [1.29, 1.82) is 0 Å². The minimum absolute atomic E-state index is 0.0915. The molecular weight excluding hydrogens is 272 g/mol. The van der Waals surface area contributed by atoms with Gasteiger partial charge in [0.05, 0.1) is 16.4 Å². The number of aliphatic carboxylic acids is 1. The molecule has 3 rings (SSSR count). The molecule has 0 aromatic carbocycles. The first kappa shape index (κ1) is 13.4. The Bertz CT molecular complexity index is 951. The molecular formula is C15H14N2O4. The number of hydrogen-bond acceptors (Lipinski definition) is 4. The summed E-state index contributed by atoms with van der Waals surface area (Å²) in [5.41, 5.74) is 2.24. The molecule has 0 radical (unpaired) electrons. The van der Waals surface area contributed by atoms with Crippen molar-refractivity contribution >= 4 is 28.5 Å². The quantitative estimate of drug-likeness (QED) is 0.859. The van der Waals surface area contributed by atoms with E-state index in [2.05, 4.69) is 4.99 Å². The smallest absolute Gasteiger partial charge is 0.354 e. The molecule has 21 heavy (non-hydrogen) atoms. The van der Waals surface area contributed by atoms with Crippen molar-refractivity contribution in [3.8, 4) is 5.88 Å². The van der Waals surface area contributed by atoms with E-state index < -0.39 is 11.5 Å². The molecule has 3 heterocycles. The third-order valence-corrected chi connectivity index (χ3v) is 4.02. The van der Waals surface area contributed by atoms with Crippen LogP contribution in [0.1, 0.15) is 25.0 Å². The first-order valence-corrected chi connectivity index (χ1v) is 6.61. The van der Waals surface area contributed by atoms with E-state index in [0.29, 0.717) is 28.8 Å². The topological polar surface area (TPSA) is 91.4 Å². The first-order valence-electron chi connectivity index (χ1n) is 6.61. The van der Waals surface area contributed by atoms with E-state index in [1.807, 2.05) is 6.92 Å². The van der Waals surface area contributed by atoms with Gasteiger partial charge in [-0.2, -0.15) is 0 Å². The van der Waals surface area contributed by atoms with Gasteiger partial charge >= 0.3 is 5.97 Å². The summed E-state index contributed by atoms with van der Waals surface area (Å²) in [7, 11) is 0. The molecule has 0 saturated carbocycles.